The Balaban J connectivity index is 2.35. The summed E-state index contributed by atoms with van der Waals surface area (Å²) >= 11 is 3.61. The first-order valence-electron chi connectivity index (χ1n) is 5.55. The second-order valence-electron chi connectivity index (χ2n) is 4.32. The Morgan fingerprint density at radius 1 is 1.35 bits per heavy atom. The van der Waals surface area contributed by atoms with Crippen LogP contribution in [-0.4, -0.2) is 21.8 Å². The molecule has 0 aliphatic carbocycles. The number of hydrogen-bond acceptors (Lipinski definition) is 3. The molecule has 1 aromatic heterocycles. The third-order valence-corrected chi connectivity index (χ3v) is 3.88. The summed E-state index contributed by atoms with van der Waals surface area (Å²) in [6, 6.07) is 6.37. The van der Waals surface area contributed by atoms with Crippen molar-refractivity contribution >= 4 is 21.6 Å². The van der Waals surface area contributed by atoms with Gasteiger partial charge in [0.25, 0.3) is 0 Å². The first kappa shape index (κ1) is 10.8. The minimum atomic E-state index is 0.224. The number of benzene rings is 1. The SMILES string of the molecule is Cc1nc2n(n1)-c1cccc(Br)c1N(C)[C@H]2C. The summed E-state index contributed by atoms with van der Waals surface area (Å²) in [5, 5.41) is 4.48. The van der Waals surface area contributed by atoms with Crippen LogP contribution in [-0.2, 0) is 0 Å². The Bertz CT molecular complexity index is 590. The molecule has 0 bridgehead atoms. The van der Waals surface area contributed by atoms with E-state index in [1.807, 2.05) is 17.7 Å². The predicted molar refractivity (Wildman–Crippen MR) is 70.6 cm³/mol. The third kappa shape index (κ3) is 1.42. The molecule has 3 rings (SSSR count). The van der Waals surface area contributed by atoms with Crippen molar-refractivity contribution in [3.63, 3.8) is 0 Å². The van der Waals surface area contributed by atoms with E-state index in [0.717, 1.165) is 27.5 Å². The molecule has 0 spiro atoms. The zero-order chi connectivity index (χ0) is 12.2. The molecular formula is C12H13BrN4. The molecule has 0 amide bonds. The van der Waals surface area contributed by atoms with E-state index in [4.69, 9.17) is 0 Å². The number of anilines is 1. The summed E-state index contributed by atoms with van der Waals surface area (Å²) in [4.78, 5) is 6.73. The average Bonchev–Trinajstić information content (AvgIpc) is 2.68. The summed E-state index contributed by atoms with van der Waals surface area (Å²) in [5.41, 5.74) is 2.24. The molecule has 4 nitrogen and oxygen atoms in total. The van der Waals surface area contributed by atoms with Gasteiger partial charge in [-0.25, -0.2) is 9.67 Å². The minimum absolute atomic E-state index is 0.224. The van der Waals surface area contributed by atoms with E-state index in [1.165, 1.54) is 0 Å². The molecule has 0 N–H and O–H groups in total. The molecule has 1 atom stereocenters. The number of hydrogen-bond donors (Lipinski definition) is 0. The highest BCUT2D eigenvalue weighted by atomic mass is 79.9. The molecule has 2 aromatic rings. The van der Waals surface area contributed by atoms with Crippen LogP contribution in [0, 0.1) is 6.92 Å². The molecule has 1 aliphatic heterocycles. The molecule has 1 aliphatic rings. The van der Waals surface area contributed by atoms with Gasteiger partial charge in [0.1, 0.15) is 5.82 Å². The molecule has 1 aromatic carbocycles. The maximum atomic E-state index is 4.51. The van der Waals surface area contributed by atoms with Crippen molar-refractivity contribution in [2.45, 2.75) is 19.9 Å². The van der Waals surface area contributed by atoms with Crippen molar-refractivity contribution in [1.29, 1.82) is 0 Å². The molecular weight excluding hydrogens is 280 g/mol. The lowest BCUT2D eigenvalue weighted by molar-refractivity contribution is 0.622. The topological polar surface area (TPSA) is 34.0 Å². The van der Waals surface area contributed by atoms with Crippen LogP contribution in [0.4, 0.5) is 5.69 Å². The van der Waals surface area contributed by atoms with Crippen molar-refractivity contribution in [3.05, 3.63) is 34.3 Å². The summed E-state index contributed by atoms with van der Waals surface area (Å²) in [5.74, 6) is 1.81. The number of para-hydroxylation sites is 1. The number of aromatic nitrogens is 3. The maximum Gasteiger partial charge on any atom is 0.154 e. The Hall–Kier alpha value is -1.36. The molecule has 0 saturated heterocycles. The number of rotatable bonds is 0. The van der Waals surface area contributed by atoms with Gasteiger partial charge in [-0.1, -0.05) is 6.07 Å². The van der Waals surface area contributed by atoms with E-state index >= 15 is 0 Å². The van der Waals surface area contributed by atoms with Crippen molar-refractivity contribution in [2.24, 2.45) is 0 Å². The van der Waals surface area contributed by atoms with Gasteiger partial charge in [0.2, 0.25) is 0 Å². The van der Waals surface area contributed by atoms with E-state index in [-0.39, 0.29) is 6.04 Å². The molecule has 5 heteroatoms. The Morgan fingerprint density at radius 2 is 2.12 bits per heavy atom. The van der Waals surface area contributed by atoms with E-state index in [9.17, 15) is 0 Å². The lowest BCUT2D eigenvalue weighted by atomic mass is 10.1. The number of aryl methyl sites for hydroxylation is 1. The molecule has 0 fully saturated rings. The van der Waals surface area contributed by atoms with Gasteiger partial charge in [-0.15, -0.1) is 0 Å². The van der Waals surface area contributed by atoms with Crippen LogP contribution in [0.2, 0.25) is 0 Å². The van der Waals surface area contributed by atoms with Crippen molar-refractivity contribution in [3.8, 4) is 5.69 Å². The molecule has 17 heavy (non-hydrogen) atoms. The quantitative estimate of drug-likeness (QED) is 0.749. The van der Waals surface area contributed by atoms with Crippen LogP contribution in [0.5, 0.6) is 0 Å². The average molecular weight is 293 g/mol. The van der Waals surface area contributed by atoms with Gasteiger partial charge in [-0.3, -0.25) is 0 Å². The maximum absolute atomic E-state index is 4.51. The zero-order valence-electron chi connectivity index (χ0n) is 9.98. The molecule has 88 valence electrons. The number of halogens is 1. The number of fused-ring (bicyclic) bond motifs is 3. The van der Waals surface area contributed by atoms with Crippen molar-refractivity contribution < 1.29 is 0 Å². The molecule has 0 unspecified atom stereocenters. The molecule has 2 heterocycles. The van der Waals surface area contributed by atoms with Gasteiger partial charge >= 0.3 is 0 Å². The van der Waals surface area contributed by atoms with Gasteiger partial charge in [-0.05, 0) is 41.9 Å². The first-order valence-corrected chi connectivity index (χ1v) is 6.34. The van der Waals surface area contributed by atoms with Crippen LogP contribution in [0.15, 0.2) is 22.7 Å². The zero-order valence-corrected chi connectivity index (χ0v) is 11.6. The lowest BCUT2D eigenvalue weighted by Crippen LogP contribution is -2.30. The summed E-state index contributed by atoms with van der Waals surface area (Å²) in [6.07, 6.45) is 0. The highest BCUT2D eigenvalue weighted by molar-refractivity contribution is 9.10. The molecule has 0 saturated carbocycles. The monoisotopic (exact) mass is 292 g/mol. The number of nitrogens with zero attached hydrogens (tertiary/aromatic N) is 4. The minimum Gasteiger partial charge on any atom is -0.362 e. The highest BCUT2D eigenvalue weighted by Crippen LogP contribution is 2.40. The van der Waals surface area contributed by atoms with E-state index < -0.39 is 0 Å². The van der Waals surface area contributed by atoms with Crippen LogP contribution >= 0.6 is 15.9 Å². The Kier molecular flexibility index (Phi) is 2.26. The van der Waals surface area contributed by atoms with Gasteiger partial charge in [0, 0.05) is 11.5 Å². The van der Waals surface area contributed by atoms with E-state index in [2.05, 4.69) is 57.0 Å². The first-order chi connectivity index (χ1) is 8.09. The largest absolute Gasteiger partial charge is 0.362 e. The summed E-state index contributed by atoms with van der Waals surface area (Å²) in [7, 11) is 2.09. The normalized spacial score (nSPS) is 17.9. The second-order valence-corrected chi connectivity index (χ2v) is 5.18. The smallest absolute Gasteiger partial charge is 0.154 e. The van der Waals surface area contributed by atoms with Crippen LogP contribution in [0.25, 0.3) is 5.69 Å². The second kappa shape index (κ2) is 3.57. The third-order valence-electron chi connectivity index (χ3n) is 3.24. The van der Waals surface area contributed by atoms with Crippen LogP contribution in [0.1, 0.15) is 24.6 Å². The predicted octanol–water partition coefficient (Wildman–Crippen LogP) is 2.85. The van der Waals surface area contributed by atoms with E-state index in [0.29, 0.717) is 0 Å². The highest BCUT2D eigenvalue weighted by Gasteiger charge is 2.29. The standard InChI is InChI=1S/C12H13BrN4/c1-7-12-14-8(2)15-17(12)10-6-4-5-9(13)11(10)16(7)3/h4-7H,1-3H3/t7-/m0/s1. The fraction of sp³-hybridized carbons (Fsp3) is 0.333. The van der Waals surface area contributed by atoms with Gasteiger partial charge in [0.05, 0.1) is 17.4 Å². The van der Waals surface area contributed by atoms with Crippen LogP contribution in [0.3, 0.4) is 0 Å². The Morgan fingerprint density at radius 3 is 2.88 bits per heavy atom. The van der Waals surface area contributed by atoms with Crippen LogP contribution < -0.4 is 4.90 Å². The fourth-order valence-electron chi connectivity index (χ4n) is 2.27. The molecule has 0 radical (unpaired) electrons. The fourth-order valence-corrected chi connectivity index (χ4v) is 2.91. The summed E-state index contributed by atoms with van der Waals surface area (Å²) < 4.78 is 3.03. The lowest BCUT2D eigenvalue weighted by Gasteiger charge is -2.33. The summed E-state index contributed by atoms with van der Waals surface area (Å²) in [6.45, 7) is 4.07. The van der Waals surface area contributed by atoms with E-state index in [1.54, 1.807) is 0 Å². The van der Waals surface area contributed by atoms with Crippen molar-refractivity contribution in [2.75, 3.05) is 11.9 Å². The van der Waals surface area contributed by atoms with Crippen molar-refractivity contribution in [1.82, 2.24) is 14.8 Å². The Labute approximate surface area is 108 Å². The van der Waals surface area contributed by atoms with Gasteiger partial charge < -0.3 is 4.90 Å². The van der Waals surface area contributed by atoms with Gasteiger partial charge in [0.15, 0.2) is 5.82 Å². The van der Waals surface area contributed by atoms with Gasteiger partial charge in [-0.2, -0.15) is 5.10 Å².